The predicted molar refractivity (Wildman–Crippen MR) is 55.5 cm³/mol. The van der Waals surface area contributed by atoms with E-state index in [1.807, 2.05) is 13.0 Å². The molecule has 1 heterocycles. The molecule has 1 saturated carbocycles. The first-order chi connectivity index (χ1) is 6.81. The molecule has 3 N–H and O–H groups in total. The molecule has 1 unspecified atom stereocenters. The molecular formula is C11H18N2O. The summed E-state index contributed by atoms with van der Waals surface area (Å²) in [4.78, 5) is 0. The average Bonchev–Trinajstić information content (AvgIpc) is 2.92. The van der Waals surface area contributed by atoms with Gasteiger partial charge in [0.15, 0.2) is 0 Å². The van der Waals surface area contributed by atoms with Crippen LogP contribution in [0.1, 0.15) is 43.0 Å². The van der Waals surface area contributed by atoms with Crippen molar-refractivity contribution < 1.29 is 4.42 Å². The predicted octanol–water partition coefficient (Wildman–Crippen LogP) is 2.28. The third-order valence-electron chi connectivity index (χ3n) is 3.04. The molecular weight excluding hydrogens is 176 g/mol. The second kappa shape index (κ2) is 4.15. The third kappa shape index (κ3) is 2.16. The minimum atomic E-state index is 0.259. The van der Waals surface area contributed by atoms with Gasteiger partial charge in [0, 0.05) is 11.6 Å². The van der Waals surface area contributed by atoms with E-state index in [9.17, 15) is 0 Å². The Hall–Kier alpha value is -0.800. The Morgan fingerprint density at radius 1 is 1.64 bits per heavy atom. The van der Waals surface area contributed by atoms with E-state index in [2.05, 4.69) is 5.43 Å². The van der Waals surface area contributed by atoms with E-state index in [-0.39, 0.29) is 6.04 Å². The maximum atomic E-state index is 5.55. The van der Waals surface area contributed by atoms with Crippen LogP contribution >= 0.6 is 0 Å². The Bertz CT molecular complexity index is 291. The van der Waals surface area contributed by atoms with Gasteiger partial charge >= 0.3 is 0 Å². The van der Waals surface area contributed by atoms with Crippen molar-refractivity contribution in [2.24, 2.45) is 11.8 Å². The molecule has 0 spiro atoms. The molecule has 14 heavy (non-hydrogen) atoms. The van der Waals surface area contributed by atoms with E-state index < -0.39 is 0 Å². The number of hydrogen-bond acceptors (Lipinski definition) is 3. The molecule has 2 rings (SSSR count). The van der Waals surface area contributed by atoms with Gasteiger partial charge < -0.3 is 4.42 Å². The van der Waals surface area contributed by atoms with Gasteiger partial charge in [-0.15, -0.1) is 0 Å². The van der Waals surface area contributed by atoms with Crippen molar-refractivity contribution in [1.82, 2.24) is 5.43 Å². The summed E-state index contributed by atoms with van der Waals surface area (Å²) in [7, 11) is 0. The maximum absolute atomic E-state index is 5.55. The topological polar surface area (TPSA) is 51.2 Å². The van der Waals surface area contributed by atoms with Gasteiger partial charge in [-0.05, 0) is 31.7 Å². The smallest absolute Gasteiger partial charge is 0.105 e. The van der Waals surface area contributed by atoms with Crippen LogP contribution in [0.25, 0.3) is 0 Å². The molecule has 0 saturated heterocycles. The Balaban J connectivity index is 1.93. The monoisotopic (exact) mass is 194 g/mol. The first kappa shape index (κ1) is 9.74. The molecule has 1 aromatic rings. The largest absolute Gasteiger partial charge is 0.469 e. The molecule has 3 nitrogen and oxygen atoms in total. The van der Waals surface area contributed by atoms with Crippen LogP contribution < -0.4 is 11.3 Å². The van der Waals surface area contributed by atoms with Crippen LogP contribution in [0.5, 0.6) is 0 Å². The highest BCUT2D eigenvalue weighted by atomic mass is 16.3. The summed E-state index contributed by atoms with van der Waals surface area (Å²) >= 11 is 0. The number of rotatable bonds is 5. The molecule has 78 valence electrons. The third-order valence-corrected chi connectivity index (χ3v) is 3.04. The number of hydrogen-bond donors (Lipinski definition) is 2. The molecule has 1 fully saturated rings. The highest BCUT2D eigenvalue weighted by molar-refractivity contribution is 5.19. The summed E-state index contributed by atoms with van der Waals surface area (Å²) in [5, 5.41) is 0. The Labute approximate surface area is 84.6 Å². The van der Waals surface area contributed by atoms with Crippen LogP contribution in [-0.2, 0) is 0 Å². The summed E-state index contributed by atoms with van der Waals surface area (Å²) in [6, 6.07) is 2.27. The van der Waals surface area contributed by atoms with Gasteiger partial charge in [-0.1, -0.05) is 12.8 Å². The highest BCUT2D eigenvalue weighted by Crippen LogP contribution is 2.36. The van der Waals surface area contributed by atoms with E-state index in [0.29, 0.717) is 0 Å². The lowest BCUT2D eigenvalue weighted by atomic mass is 10.0. The Kier molecular flexibility index (Phi) is 2.89. The number of hydrazine groups is 1. The van der Waals surface area contributed by atoms with Crippen LogP contribution in [0.2, 0.25) is 0 Å². The van der Waals surface area contributed by atoms with E-state index in [0.717, 1.165) is 18.1 Å². The zero-order valence-corrected chi connectivity index (χ0v) is 8.62. The van der Waals surface area contributed by atoms with Crippen LogP contribution in [-0.4, -0.2) is 0 Å². The minimum Gasteiger partial charge on any atom is -0.469 e. The molecule has 1 aromatic heterocycles. The van der Waals surface area contributed by atoms with Crippen molar-refractivity contribution in [3.63, 3.8) is 0 Å². The molecule has 0 amide bonds. The Morgan fingerprint density at radius 2 is 2.43 bits per heavy atom. The quantitative estimate of drug-likeness (QED) is 0.558. The zero-order valence-electron chi connectivity index (χ0n) is 8.62. The summed E-state index contributed by atoms with van der Waals surface area (Å²) in [5.41, 5.74) is 4.07. The van der Waals surface area contributed by atoms with E-state index in [4.69, 9.17) is 10.3 Å². The molecule has 3 heteroatoms. The van der Waals surface area contributed by atoms with Gasteiger partial charge in [0.25, 0.3) is 0 Å². The molecule has 0 bridgehead atoms. The fraction of sp³-hybridized carbons (Fsp3) is 0.636. The summed E-state index contributed by atoms with van der Waals surface area (Å²) in [6.45, 7) is 1.98. The van der Waals surface area contributed by atoms with E-state index in [1.54, 1.807) is 6.26 Å². The van der Waals surface area contributed by atoms with Gasteiger partial charge in [-0.2, -0.15) is 0 Å². The molecule has 1 atom stereocenters. The summed E-state index contributed by atoms with van der Waals surface area (Å²) in [5.74, 6) is 7.48. The van der Waals surface area contributed by atoms with Crippen LogP contribution in [0, 0.1) is 12.8 Å². The lowest BCUT2D eigenvalue weighted by molar-refractivity contribution is 0.464. The number of furan rings is 1. The lowest BCUT2D eigenvalue weighted by Crippen LogP contribution is -2.28. The highest BCUT2D eigenvalue weighted by Gasteiger charge is 2.23. The van der Waals surface area contributed by atoms with Crippen molar-refractivity contribution in [1.29, 1.82) is 0 Å². The van der Waals surface area contributed by atoms with Crippen LogP contribution in [0.15, 0.2) is 16.7 Å². The van der Waals surface area contributed by atoms with Gasteiger partial charge in [0.05, 0.1) is 6.26 Å². The molecule has 0 aromatic carbocycles. The zero-order chi connectivity index (χ0) is 9.97. The van der Waals surface area contributed by atoms with Crippen LogP contribution in [0.4, 0.5) is 0 Å². The van der Waals surface area contributed by atoms with Crippen LogP contribution in [0.3, 0.4) is 0 Å². The van der Waals surface area contributed by atoms with Crippen molar-refractivity contribution in [3.8, 4) is 0 Å². The fourth-order valence-corrected chi connectivity index (χ4v) is 1.89. The van der Waals surface area contributed by atoms with Crippen molar-refractivity contribution in [3.05, 3.63) is 23.7 Å². The van der Waals surface area contributed by atoms with E-state index in [1.165, 1.54) is 24.8 Å². The van der Waals surface area contributed by atoms with Crippen molar-refractivity contribution in [2.75, 3.05) is 0 Å². The number of nitrogens with one attached hydrogen (secondary N) is 1. The van der Waals surface area contributed by atoms with Gasteiger partial charge in [-0.25, -0.2) is 0 Å². The van der Waals surface area contributed by atoms with Crippen molar-refractivity contribution in [2.45, 2.75) is 38.6 Å². The molecule has 1 aliphatic carbocycles. The summed E-state index contributed by atoms with van der Waals surface area (Å²) in [6.07, 6.45) is 6.93. The van der Waals surface area contributed by atoms with Gasteiger partial charge in [-0.3, -0.25) is 11.3 Å². The fourth-order valence-electron chi connectivity index (χ4n) is 1.89. The second-order valence-electron chi connectivity index (χ2n) is 4.17. The number of aryl methyl sites for hydroxylation is 1. The SMILES string of the molecule is Cc1occc1C(CCC1CC1)NN. The number of nitrogens with two attached hydrogens (primary N) is 1. The average molecular weight is 194 g/mol. The molecule has 1 aliphatic rings. The van der Waals surface area contributed by atoms with Crippen molar-refractivity contribution >= 4 is 0 Å². The lowest BCUT2D eigenvalue weighted by Gasteiger charge is -2.14. The standard InChI is InChI=1S/C11H18N2O/c1-8-10(6-7-14-8)11(13-12)5-4-9-2-3-9/h6-7,9,11,13H,2-5,12H2,1H3. The van der Waals surface area contributed by atoms with Gasteiger partial charge in [0.1, 0.15) is 5.76 Å². The normalized spacial score (nSPS) is 18.4. The summed E-state index contributed by atoms with van der Waals surface area (Å²) < 4.78 is 5.27. The Morgan fingerprint density at radius 3 is 2.93 bits per heavy atom. The first-order valence-electron chi connectivity index (χ1n) is 5.31. The first-order valence-corrected chi connectivity index (χ1v) is 5.31. The maximum Gasteiger partial charge on any atom is 0.105 e. The molecule has 0 radical (unpaired) electrons. The van der Waals surface area contributed by atoms with Gasteiger partial charge in [0.2, 0.25) is 0 Å². The second-order valence-corrected chi connectivity index (χ2v) is 4.17. The van der Waals surface area contributed by atoms with E-state index >= 15 is 0 Å². The molecule has 0 aliphatic heterocycles. The minimum absolute atomic E-state index is 0.259.